The smallest absolute Gasteiger partial charge is 0.00834 e. The van der Waals surface area contributed by atoms with Crippen LogP contribution in [0.15, 0.2) is 6.07 Å². The summed E-state index contributed by atoms with van der Waals surface area (Å²) < 4.78 is 0. The zero-order valence-electron chi connectivity index (χ0n) is 9.10. The van der Waals surface area contributed by atoms with Crippen LogP contribution >= 0.6 is 11.3 Å². The summed E-state index contributed by atoms with van der Waals surface area (Å²) in [5.41, 5.74) is 1.65. The topological polar surface area (TPSA) is 12.0 Å². The number of nitrogens with one attached hydrogen (secondary N) is 1. The monoisotopic (exact) mass is 209 g/mol. The van der Waals surface area contributed by atoms with Crippen LogP contribution in [-0.4, -0.2) is 13.6 Å². The summed E-state index contributed by atoms with van der Waals surface area (Å²) in [6.07, 6.45) is 5.26. The molecule has 0 saturated carbocycles. The van der Waals surface area contributed by atoms with E-state index in [-0.39, 0.29) is 0 Å². The highest BCUT2D eigenvalue weighted by Crippen LogP contribution is 2.36. The zero-order chi connectivity index (χ0) is 9.97. The van der Waals surface area contributed by atoms with Crippen molar-refractivity contribution in [1.29, 1.82) is 0 Å². The van der Waals surface area contributed by atoms with Gasteiger partial charge < -0.3 is 5.32 Å². The lowest BCUT2D eigenvalue weighted by Gasteiger charge is -2.21. The normalized spacial score (nSPS) is 20.9. The molecule has 78 valence electrons. The molecule has 0 spiro atoms. The molecule has 1 aromatic rings. The molecule has 0 bridgehead atoms. The van der Waals surface area contributed by atoms with E-state index in [1.54, 1.807) is 15.3 Å². The average molecular weight is 209 g/mol. The third-order valence-corrected chi connectivity index (χ3v) is 4.44. The minimum Gasteiger partial charge on any atom is -0.319 e. The molecule has 1 N–H and O–H groups in total. The Balaban J connectivity index is 2.24. The molecule has 2 rings (SSSR count). The van der Waals surface area contributed by atoms with Crippen LogP contribution in [0.2, 0.25) is 0 Å². The van der Waals surface area contributed by atoms with Crippen LogP contribution < -0.4 is 5.32 Å². The van der Waals surface area contributed by atoms with Crippen LogP contribution in [0.1, 0.15) is 41.0 Å². The lowest BCUT2D eigenvalue weighted by molar-refractivity contribution is 0.534. The summed E-state index contributed by atoms with van der Waals surface area (Å²) in [4.78, 5) is 3.23. The molecule has 0 amide bonds. The van der Waals surface area contributed by atoms with Crippen molar-refractivity contribution < 1.29 is 0 Å². The van der Waals surface area contributed by atoms with Gasteiger partial charge >= 0.3 is 0 Å². The molecule has 0 aliphatic heterocycles. The van der Waals surface area contributed by atoms with Crippen molar-refractivity contribution in [3.8, 4) is 0 Å². The number of likely N-dealkylation sites (N-methyl/N-ethyl adjacent to an activating group) is 1. The Kier molecular flexibility index (Phi) is 3.24. The van der Waals surface area contributed by atoms with Crippen molar-refractivity contribution in [2.75, 3.05) is 13.6 Å². The minimum absolute atomic E-state index is 0.778. The fraction of sp³-hybridized carbons (Fsp3) is 0.667. The number of hydrogen-bond donors (Lipinski definition) is 1. The molecule has 1 heterocycles. The third-order valence-electron chi connectivity index (χ3n) is 3.09. The molecule has 0 aromatic carbocycles. The summed E-state index contributed by atoms with van der Waals surface area (Å²) in [5.74, 6) is 0.778. The van der Waals surface area contributed by atoms with Crippen LogP contribution in [0.3, 0.4) is 0 Å². The highest BCUT2D eigenvalue weighted by Gasteiger charge is 2.21. The van der Waals surface area contributed by atoms with Crippen molar-refractivity contribution in [3.63, 3.8) is 0 Å². The van der Waals surface area contributed by atoms with E-state index in [2.05, 4.69) is 25.4 Å². The van der Waals surface area contributed by atoms with Crippen molar-refractivity contribution in [2.24, 2.45) is 0 Å². The first-order chi connectivity index (χ1) is 6.85. The van der Waals surface area contributed by atoms with Gasteiger partial charge in [0.1, 0.15) is 0 Å². The molecular weight excluding hydrogens is 190 g/mol. The number of rotatable bonds is 3. The van der Waals surface area contributed by atoms with E-state index in [0.717, 1.165) is 12.5 Å². The predicted molar refractivity (Wildman–Crippen MR) is 63.3 cm³/mol. The van der Waals surface area contributed by atoms with Crippen LogP contribution in [0.5, 0.6) is 0 Å². The van der Waals surface area contributed by atoms with Crippen LogP contribution in [0, 0.1) is 0 Å². The molecule has 1 nitrogen and oxygen atoms in total. The zero-order valence-corrected chi connectivity index (χ0v) is 9.91. The van der Waals surface area contributed by atoms with E-state index >= 15 is 0 Å². The highest BCUT2D eigenvalue weighted by molar-refractivity contribution is 7.12. The van der Waals surface area contributed by atoms with Crippen molar-refractivity contribution >= 4 is 11.3 Å². The summed E-state index contributed by atoms with van der Waals surface area (Å²) in [6.45, 7) is 3.40. The van der Waals surface area contributed by atoms with Crippen LogP contribution in [-0.2, 0) is 12.8 Å². The number of aryl methyl sites for hydroxylation is 2. The Bertz CT molecular complexity index is 303. The maximum atomic E-state index is 3.31. The quantitative estimate of drug-likeness (QED) is 0.807. The van der Waals surface area contributed by atoms with E-state index in [1.807, 2.05) is 11.3 Å². The summed E-state index contributed by atoms with van der Waals surface area (Å²) in [6, 6.07) is 2.45. The lowest BCUT2D eigenvalue weighted by atomic mass is 9.87. The summed E-state index contributed by atoms with van der Waals surface area (Å²) >= 11 is 2.04. The van der Waals surface area contributed by atoms with Gasteiger partial charge in [-0.3, -0.25) is 0 Å². The van der Waals surface area contributed by atoms with Crippen molar-refractivity contribution in [1.82, 2.24) is 5.32 Å². The number of hydrogen-bond acceptors (Lipinski definition) is 2. The maximum Gasteiger partial charge on any atom is 0.00834 e. The third kappa shape index (κ3) is 1.86. The first kappa shape index (κ1) is 10.2. The van der Waals surface area contributed by atoms with Gasteiger partial charge in [0.15, 0.2) is 0 Å². The van der Waals surface area contributed by atoms with Gasteiger partial charge in [-0.25, -0.2) is 0 Å². The Morgan fingerprint density at radius 3 is 3.14 bits per heavy atom. The lowest BCUT2D eigenvalue weighted by Crippen LogP contribution is -2.20. The number of fused-ring (bicyclic) bond motifs is 1. The molecule has 14 heavy (non-hydrogen) atoms. The van der Waals surface area contributed by atoms with Crippen molar-refractivity contribution in [2.45, 2.75) is 38.5 Å². The molecule has 1 aromatic heterocycles. The Hall–Kier alpha value is -0.340. The van der Waals surface area contributed by atoms with Gasteiger partial charge in [-0.2, -0.15) is 0 Å². The van der Waals surface area contributed by atoms with Crippen LogP contribution in [0.4, 0.5) is 0 Å². The molecular formula is C12H19NS. The Morgan fingerprint density at radius 1 is 1.57 bits per heavy atom. The molecule has 0 saturated heterocycles. The van der Waals surface area contributed by atoms with Crippen LogP contribution in [0.25, 0.3) is 0 Å². The first-order valence-electron chi connectivity index (χ1n) is 5.61. The van der Waals surface area contributed by atoms with E-state index in [4.69, 9.17) is 0 Å². The number of thiophene rings is 1. The molecule has 1 atom stereocenters. The van der Waals surface area contributed by atoms with Crippen molar-refractivity contribution in [3.05, 3.63) is 21.4 Å². The van der Waals surface area contributed by atoms with Gasteiger partial charge in [0.05, 0.1) is 0 Å². The SMILES string of the molecule is CCc1cc2c(s1)CCCC2CNC. The second-order valence-corrected chi connectivity index (χ2v) is 5.31. The van der Waals surface area contributed by atoms with Gasteiger partial charge in [0, 0.05) is 16.3 Å². The molecule has 0 fully saturated rings. The molecule has 1 aliphatic rings. The van der Waals surface area contributed by atoms with E-state index in [9.17, 15) is 0 Å². The fourth-order valence-corrected chi connectivity index (χ4v) is 3.58. The summed E-state index contributed by atoms with van der Waals surface area (Å²) in [7, 11) is 2.06. The summed E-state index contributed by atoms with van der Waals surface area (Å²) in [5, 5.41) is 3.31. The second kappa shape index (κ2) is 4.45. The standard InChI is InChI=1S/C12H19NS/c1-3-10-7-11-9(8-13-2)5-4-6-12(11)14-10/h7,9,13H,3-6,8H2,1-2H3. The van der Waals surface area contributed by atoms with E-state index in [1.165, 1.54) is 25.7 Å². The molecule has 1 unspecified atom stereocenters. The first-order valence-corrected chi connectivity index (χ1v) is 6.43. The fourth-order valence-electron chi connectivity index (χ4n) is 2.34. The van der Waals surface area contributed by atoms with E-state index in [0.29, 0.717) is 0 Å². The van der Waals surface area contributed by atoms with Gasteiger partial charge in [-0.05, 0) is 50.3 Å². The predicted octanol–water partition coefficient (Wildman–Crippen LogP) is 2.95. The Morgan fingerprint density at radius 2 is 2.43 bits per heavy atom. The second-order valence-electron chi connectivity index (χ2n) is 4.09. The minimum atomic E-state index is 0.778. The largest absolute Gasteiger partial charge is 0.319 e. The molecule has 1 aliphatic carbocycles. The van der Waals surface area contributed by atoms with E-state index < -0.39 is 0 Å². The van der Waals surface area contributed by atoms with Gasteiger partial charge in [0.25, 0.3) is 0 Å². The average Bonchev–Trinajstić information content (AvgIpc) is 2.62. The Labute approximate surface area is 90.5 Å². The van der Waals surface area contributed by atoms with Gasteiger partial charge in [-0.1, -0.05) is 6.92 Å². The maximum absolute atomic E-state index is 3.31. The van der Waals surface area contributed by atoms with Gasteiger partial charge in [-0.15, -0.1) is 11.3 Å². The molecule has 0 radical (unpaired) electrons. The highest BCUT2D eigenvalue weighted by atomic mass is 32.1. The molecule has 2 heteroatoms. The van der Waals surface area contributed by atoms with Gasteiger partial charge in [0.2, 0.25) is 0 Å².